The van der Waals surface area contributed by atoms with E-state index in [1.165, 1.54) is 6.07 Å². The van der Waals surface area contributed by atoms with Gasteiger partial charge in [0, 0.05) is 42.4 Å². The standard InChI is InChI=1S/C14H19N3O3.ClH/c1-9-4-5-12(8-13(9)17(19)20)14(18)16-7-6-15-10(2)11(16)3;/h4-5,8,10-11,15H,6-7H2,1-3H3;1H. The van der Waals surface area contributed by atoms with E-state index in [9.17, 15) is 14.9 Å². The van der Waals surface area contributed by atoms with Gasteiger partial charge in [0.25, 0.3) is 11.6 Å². The molecule has 0 spiro atoms. The van der Waals surface area contributed by atoms with Crippen molar-refractivity contribution in [1.29, 1.82) is 0 Å². The zero-order chi connectivity index (χ0) is 14.9. The maximum Gasteiger partial charge on any atom is 0.273 e. The Morgan fingerprint density at radius 1 is 1.43 bits per heavy atom. The Morgan fingerprint density at radius 2 is 2.10 bits per heavy atom. The molecular weight excluding hydrogens is 294 g/mol. The zero-order valence-corrected chi connectivity index (χ0v) is 13.1. The largest absolute Gasteiger partial charge is 0.333 e. The lowest BCUT2D eigenvalue weighted by Crippen LogP contribution is -2.57. The third-order valence-electron chi connectivity index (χ3n) is 3.95. The SMILES string of the molecule is Cc1ccc(C(=O)N2CCNC(C)C2C)cc1[N+](=O)[O-].Cl. The number of halogens is 1. The summed E-state index contributed by atoms with van der Waals surface area (Å²) >= 11 is 0. The number of carbonyl (C=O) groups excluding carboxylic acids is 1. The average Bonchev–Trinajstić information content (AvgIpc) is 2.41. The highest BCUT2D eigenvalue weighted by Gasteiger charge is 2.29. The van der Waals surface area contributed by atoms with E-state index in [1.54, 1.807) is 24.0 Å². The minimum absolute atomic E-state index is 0. The molecular formula is C14H20ClN3O3. The Labute approximate surface area is 130 Å². The van der Waals surface area contributed by atoms with Crippen LogP contribution in [0.3, 0.4) is 0 Å². The van der Waals surface area contributed by atoms with Crippen LogP contribution < -0.4 is 5.32 Å². The van der Waals surface area contributed by atoms with Crippen LogP contribution in [0.4, 0.5) is 5.69 Å². The van der Waals surface area contributed by atoms with Gasteiger partial charge < -0.3 is 10.2 Å². The number of nitro benzene ring substituents is 1. The Kier molecular flexibility index (Phi) is 5.69. The van der Waals surface area contributed by atoms with Crippen LogP contribution in [0.5, 0.6) is 0 Å². The number of nitrogens with zero attached hydrogens (tertiary/aromatic N) is 2. The first-order chi connectivity index (χ1) is 9.41. The number of benzene rings is 1. The minimum Gasteiger partial charge on any atom is -0.333 e. The molecule has 1 heterocycles. The molecule has 21 heavy (non-hydrogen) atoms. The minimum atomic E-state index is -0.448. The molecule has 1 saturated heterocycles. The molecule has 0 saturated carbocycles. The highest BCUT2D eigenvalue weighted by atomic mass is 35.5. The fourth-order valence-corrected chi connectivity index (χ4v) is 2.45. The van der Waals surface area contributed by atoms with Crippen molar-refractivity contribution in [2.24, 2.45) is 0 Å². The molecule has 1 amide bonds. The monoisotopic (exact) mass is 313 g/mol. The predicted molar refractivity (Wildman–Crippen MR) is 83.0 cm³/mol. The number of nitrogens with one attached hydrogen (secondary N) is 1. The van der Waals surface area contributed by atoms with Gasteiger partial charge in [-0.05, 0) is 26.8 Å². The number of rotatable bonds is 2. The topological polar surface area (TPSA) is 75.5 Å². The lowest BCUT2D eigenvalue weighted by Gasteiger charge is -2.38. The van der Waals surface area contributed by atoms with Crippen LogP contribution in [-0.4, -0.2) is 40.9 Å². The van der Waals surface area contributed by atoms with E-state index in [0.717, 1.165) is 6.54 Å². The summed E-state index contributed by atoms with van der Waals surface area (Å²) in [5.74, 6) is -0.144. The van der Waals surface area contributed by atoms with Crippen LogP contribution >= 0.6 is 12.4 Å². The van der Waals surface area contributed by atoms with Crippen molar-refractivity contribution in [2.75, 3.05) is 13.1 Å². The molecule has 2 unspecified atom stereocenters. The van der Waals surface area contributed by atoms with Gasteiger partial charge in [-0.1, -0.05) is 6.07 Å². The molecule has 1 aliphatic heterocycles. The van der Waals surface area contributed by atoms with Crippen LogP contribution in [0.15, 0.2) is 18.2 Å². The van der Waals surface area contributed by atoms with E-state index in [1.807, 2.05) is 13.8 Å². The number of aryl methyl sites for hydroxylation is 1. The molecule has 1 aliphatic rings. The Balaban J connectivity index is 0.00000220. The van der Waals surface area contributed by atoms with Crippen LogP contribution in [0.2, 0.25) is 0 Å². The summed E-state index contributed by atoms with van der Waals surface area (Å²) < 4.78 is 0. The maximum absolute atomic E-state index is 12.5. The number of carbonyl (C=O) groups is 1. The summed E-state index contributed by atoms with van der Waals surface area (Å²) in [4.78, 5) is 24.8. The van der Waals surface area contributed by atoms with Crippen molar-refractivity contribution in [3.63, 3.8) is 0 Å². The second-order valence-corrected chi connectivity index (χ2v) is 5.24. The van der Waals surface area contributed by atoms with Crippen molar-refractivity contribution >= 4 is 24.0 Å². The second-order valence-electron chi connectivity index (χ2n) is 5.24. The number of hydrogen-bond acceptors (Lipinski definition) is 4. The summed E-state index contributed by atoms with van der Waals surface area (Å²) in [6.07, 6.45) is 0. The summed E-state index contributed by atoms with van der Waals surface area (Å²) in [5, 5.41) is 14.3. The van der Waals surface area contributed by atoms with Crippen molar-refractivity contribution in [3.8, 4) is 0 Å². The van der Waals surface area contributed by atoms with Crippen molar-refractivity contribution in [2.45, 2.75) is 32.9 Å². The van der Waals surface area contributed by atoms with Gasteiger partial charge in [0.1, 0.15) is 0 Å². The van der Waals surface area contributed by atoms with Gasteiger partial charge in [0.05, 0.1) is 4.92 Å². The lowest BCUT2D eigenvalue weighted by molar-refractivity contribution is -0.385. The fourth-order valence-electron chi connectivity index (χ4n) is 2.45. The first-order valence-electron chi connectivity index (χ1n) is 6.71. The van der Waals surface area contributed by atoms with Crippen molar-refractivity contribution < 1.29 is 9.72 Å². The molecule has 7 heteroatoms. The molecule has 0 aromatic heterocycles. The third-order valence-corrected chi connectivity index (χ3v) is 3.95. The van der Waals surface area contributed by atoms with Gasteiger partial charge in [-0.3, -0.25) is 14.9 Å². The normalized spacial score (nSPS) is 21.6. The van der Waals surface area contributed by atoms with E-state index in [0.29, 0.717) is 17.7 Å². The van der Waals surface area contributed by atoms with Gasteiger partial charge >= 0.3 is 0 Å². The van der Waals surface area contributed by atoms with Crippen molar-refractivity contribution in [3.05, 3.63) is 39.4 Å². The van der Waals surface area contributed by atoms with Gasteiger partial charge in [-0.15, -0.1) is 12.4 Å². The van der Waals surface area contributed by atoms with Gasteiger partial charge in [0.15, 0.2) is 0 Å². The van der Waals surface area contributed by atoms with Crippen LogP contribution in [-0.2, 0) is 0 Å². The summed E-state index contributed by atoms with van der Waals surface area (Å²) in [6.45, 7) is 7.04. The van der Waals surface area contributed by atoms with Gasteiger partial charge in [-0.2, -0.15) is 0 Å². The van der Waals surface area contributed by atoms with Gasteiger partial charge in [0.2, 0.25) is 0 Å². The maximum atomic E-state index is 12.5. The molecule has 2 rings (SSSR count). The zero-order valence-electron chi connectivity index (χ0n) is 12.3. The number of hydrogen-bond donors (Lipinski definition) is 1. The lowest BCUT2D eigenvalue weighted by atomic mass is 10.0. The predicted octanol–water partition coefficient (Wildman–Crippen LogP) is 2.15. The first-order valence-corrected chi connectivity index (χ1v) is 6.71. The molecule has 6 nitrogen and oxygen atoms in total. The van der Waals surface area contributed by atoms with Gasteiger partial charge in [-0.25, -0.2) is 0 Å². The summed E-state index contributed by atoms with van der Waals surface area (Å²) in [5.41, 5.74) is 0.934. The fraction of sp³-hybridized carbons (Fsp3) is 0.500. The average molecular weight is 314 g/mol. The van der Waals surface area contributed by atoms with E-state index in [2.05, 4.69) is 5.32 Å². The Morgan fingerprint density at radius 3 is 2.71 bits per heavy atom. The number of piperazine rings is 1. The Bertz CT molecular complexity index is 550. The summed E-state index contributed by atoms with van der Waals surface area (Å²) in [7, 11) is 0. The third kappa shape index (κ3) is 3.51. The van der Waals surface area contributed by atoms with E-state index < -0.39 is 4.92 Å². The molecule has 0 radical (unpaired) electrons. The van der Waals surface area contributed by atoms with Crippen LogP contribution in [0.1, 0.15) is 29.8 Å². The molecule has 2 atom stereocenters. The molecule has 116 valence electrons. The first kappa shape index (κ1) is 17.4. The van der Waals surface area contributed by atoms with E-state index in [4.69, 9.17) is 0 Å². The van der Waals surface area contributed by atoms with E-state index >= 15 is 0 Å². The molecule has 0 bridgehead atoms. The molecule has 1 aromatic carbocycles. The van der Waals surface area contributed by atoms with Crippen molar-refractivity contribution in [1.82, 2.24) is 10.2 Å². The molecule has 1 aromatic rings. The smallest absolute Gasteiger partial charge is 0.273 e. The van der Waals surface area contributed by atoms with Crippen LogP contribution in [0.25, 0.3) is 0 Å². The second kappa shape index (κ2) is 6.87. The highest BCUT2D eigenvalue weighted by molar-refractivity contribution is 5.95. The quantitative estimate of drug-likeness (QED) is 0.670. The van der Waals surface area contributed by atoms with Crippen LogP contribution in [0, 0.1) is 17.0 Å². The summed E-state index contributed by atoms with van der Waals surface area (Å²) in [6, 6.07) is 4.94. The van der Waals surface area contributed by atoms with E-state index in [-0.39, 0.29) is 36.1 Å². The number of amides is 1. The molecule has 1 fully saturated rings. The number of nitro groups is 1. The Hall–Kier alpha value is -1.66. The molecule has 1 N–H and O–H groups in total. The highest BCUT2D eigenvalue weighted by Crippen LogP contribution is 2.21. The molecule has 0 aliphatic carbocycles.